The van der Waals surface area contributed by atoms with E-state index in [1.807, 2.05) is 38.1 Å². The molecule has 28 heavy (non-hydrogen) atoms. The molecule has 3 aromatic rings. The van der Waals surface area contributed by atoms with Gasteiger partial charge in [0.25, 0.3) is 0 Å². The number of aryl methyl sites for hydroxylation is 1. The molecule has 0 saturated heterocycles. The second-order valence-electron chi connectivity index (χ2n) is 6.35. The number of halogens is 3. The van der Waals surface area contributed by atoms with Crippen molar-refractivity contribution < 1.29 is 17.9 Å². The summed E-state index contributed by atoms with van der Waals surface area (Å²) in [6, 6.07) is 10.8. The first kappa shape index (κ1) is 19.5. The van der Waals surface area contributed by atoms with Crippen LogP contribution in [-0.4, -0.2) is 16.1 Å². The van der Waals surface area contributed by atoms with E-state index in [1.54, 1.807) is 13.0 Å². The van der Waals surface area contributed by atoms with Crippen LogP contribution in [-0.2, 0) is 0 Å². The molecule has 0 aliphatic carbocycles. The fraction of sp³-hybridized carbons (Fsp3) is 0.200. The minimum absolute atomic E-state index is 0.0186. The van der Waals surface area contributed by atoms with Gasteiger partial charge in [0, 0.05) is 11.8 Å². The monoisotopic (exact) mass is 388 g/mol. The van der Waals surface area contributed by atoms with Gasteiger partial charge in [0.15, 0.2) is 17.5 Å². The lowest BCUT2D eigenvalue weighted by Gasteiger charge is -2.15. The highest BCUT2D eigenvalue weighted by Gasteiger charge is 2.15. The van der Waals surface area contributed by atoms with Crippen molar-refractivity contribution in [3.63, 3.8) is 0 Å². The predicted octanol–water partition coefficient (Wildman–Crippen LogP) is 5.48. The maximum absolute atomic E-state index is 13.9. The summed E-state index contributed by atoms with van der Waals surface area (Å²) in [5.41, 5.74) is 1.02. The number of hydrogen-bond acceptors (Lipinski definition) is 5. The highest BCUT2D eigenvalue weighted by Crippen LogP contribution is 2.28. The number of rotatable bonds is 6. The third kappa shape index (κ3) is 4.51. The molecule has 0 aliphatic heterocycles. The Morgan fingerprint density at radius 2 is 1.64 bits per heavy atom. The van der Waals surface area contributed by atoms with Crippen molar-refractivity contribution in [2.75, 3.05) is 10.6 Å². The van der Waals surface area contributed by atoms with Gasteiger partial charge in [0.2, 0.25) is 5.95 Å². The molecule has 0 bridgehead atoms. The maximum Gasteiger partial charge on any atom is 0.229 e. The highest BCUT2D eigenvalue weighted by atomic mass is 19.2. The number of nitrogens with zero attached hydrogens (tertiary/aromatic N) is 2. The van der Waals surface area contributed by atoms with Crippen molar-refractivity contribution in [3.05, 3.63) is 65.6 Å². The minimum Gasteiger partial charge on any atom is -0.489 e. The zero-order valence-electron chi connectivity index (χ0n) is 15.6. The Bertz CT molecular complexity index is 995. The SMILES string of the molecule is Cc1cc(Nc2ccc(F)c(F)c2F)nc(Nc2ccccc2OC(C)C)n1. The van der Waals surface area contributed by atoms with Gasteiger partial charge in [0.1, 0.15) is 11.6 Å². The average Bonchev–Trinajstić information content (AvgIpc) is 2.63. The molecule has 8 heteroatoms. The van der Waals surface area contributed by atoms with Crippen molar-refractivity contribution in [2.45, 2.75) is 26.9 Å². The third-order valence-corrected chi connectivity index (χ3v) is 3.65. The van der Waals surface area contributed by atoms with Gasteiger partial charge in [-0.3, -0.25) is 0 Å². The molecule has 0 fully saturated rings. The average molecular weight is 388 g/mol. The Hall–Kier alpha value is -3.29. The fourth-order valence-corrected chi connectivity index (χ4v) is 2.50. The van der Waals surface area contributed by atoms with Crippen LogP contribution in [0, 0.1) is 24.4 Å². The molecule has 0 aliphatic rings. The molecule has 0 radical (unpaired) electrons. The molecule has 5 nitrogen and oxygen atoms in total. The van der Waals surface area contributed by atoms with Crippen molar-refractivity contribution in [3.8, 4) is 5.75 Å². The molecule has 0 unspecified atom stereocenters. The largest absolute Gasteiger partial charge is 0.489 e. The second kappa shape index (κ2) is 8.16. The van der Waals surface area contributed by atoms with E-state index < -0.39 is 17.5 Å². The minimum atomic E-state index is -1.55. The normalized spacial score (nSPS) is 10.8. The summed E-state index contributed by atoms with van der Waals surface area (Å²) in [6.45, 7) is 5.56. The first-order valence-electron chi connectivity index (χ1n) is 8.62. The van der Waals surface area contributed by atoms with E-state index in [-0.39, 0.29) is 23.6 Å². The maximum atomic E-state index is 13.9. The molecule has 1 heterocycles. The van der Waals surface area contributed by atoms with Crippen molar-refractivity contribution >= 4 is 23.1 Å². The van der Waals surface area contributed by atoms with Crippen LogP contribution in [0.5, 0.6) is 5.75 Å². The summed E-state index contributed by atoms with van der Waals surface area (Å²) in [6.07, 6.45) is -0.0186. The number of para-hydroxylation sites is 2. The van der Waals surface area contributed by atoms with Crippen LogP contribution in [0.4, 0.5) is 36.3 Å². The number of benzene rings is 2. The fourth-order valence-electron chi connectivity index (χ4n) is 2.50. The number of aromatic nitrogens is 2. The van der Waals surface area contributed by atoms with E-state index in [0.29, 0.717) is 17.1 Å². The van der Waals surface area contributed by atoms with Gasteiger partial charge in [-0.1, -0.05) is 12.1 Å². The van der Waals surface area contributed by atoms with Crippen molar-refractivity contribution in [2.24, 2.45) is 0 Å². The lowest BCUT2D eigenvalue weighted by Crippen LogP contribution is -2.08. The zero-order chi connectivity index (χ0) is 20.3. The number of anilines is 4. The molecule has 3 rings (SSSR count). The number of hydrogen-bond donors (Lipinski definition) is 2. The van der Waals surface area contributed by atoms with E-state index in [1.165, 1.54) is 0 Å². The summed E-state index contributed by atoms with van der Waals surface area (Å²) >= 11 is 0. The van der Waals surface area contributed by atoms with Crippen molar-refractivity contribution in [1.29, 1.82) is 0 Å². The Morgan fingerprint density at radius 3 is 2.39 bits per heavy atom. The first-order chi connectivity index (χ1) is 13.3. The summed E-state index contributed by atoms with van der Waals surface area (Å²) in [5.74, 6) is -3.03. The van der Waals surface area contributed by atoms with E-state index in [2.05, 4.69) is 20.6 Å². The summed E-state index contributed by atoms with van der Waals surface area (Å²) < 4.78 is 46.2. The van der Waals surface area contributed by atoms with Gasteiger partial charge in [-0.25, -0.2) is 18.2 Å². The van der Waals surface area contributed by atoms with Crippen LogP contribution < -0.4 is 15.4 Å². The van der Waals surface area contributed by atoms with Crippen molar-refractivity contribution in [1.82, 2.24) is 9.97 Å². The van der Waals surface area contributed by atoms with Crippen LogP contribution in [0.3, 0.4) is 0 Å². The molecule has 0 spiro atoms. The van der Waals surface area contributed by atoms with Gasteiger partial charge >= 0.3 is 0 Å². The molecule has 146 valence electrons. The van der Waals surface area contributed by atoms with Crippen LogP contribution >= 0.6 is 0 Å². The van der Waals surface area contributed by atoms with E-state index in [0.717, 1.165) is 12.1 Å². The van der Waals surface area contributed by atoms with E-state index >= 15 is 0 Å². The van der Waals surface area contributed by atoms with Gasteiger partial charge in [0.05, 0.1) is 17.5 Å². The molecule has 0 amide bonds. The summed E-state index contributed by atoms with van der Waals surface area (Å²) in [5, 5.41) is 5.72. The van der Waals surface area contributed by atoms with Crippen LogP contribution in [0.15, 0.2) is 42.5 Å². The predicted molar refractivity (Wildman–Crippen MR) is 102 cm³/mol. The first-order valence-corrected chi connectivity index (χ1v) is 8.62. The van der Waals surface area contributed by atoms with Gasteiger partial charge in [-0.15, -0.1) is 0 Å². The number of nitrogens with one attached hydrogen (secondary N) is 2. The molecule has 2 aromatic carbocycles. The van der Waals surface area contributed by atoms with Crippen LogP contribution in [0.25, 0.3) is 0 Å². The van der Waals surface area contributed by atoms with Gasteiger partial charge in [-0.2, -0.15) is 4.98 Å². The van der Waals surface area contributed by atoms with Crippen LogP contribution in [0.2, 0.25) is 0 Å². The molecule has 0 saturated carbocycles. The van der Waals surface area contributed by atoms with Crippen LogP contribution in [0.1, 0.15) is 19.5 Å². The molecular weight excluding hydrogens is 369 g/mol. The molecule has 2 N–H and O–H groups in total. The lowest BCUT2D eigenvalue weighted by molar-refractivity contribution is 0.244. The zero-order valence-corrected chi connectivity index (χ0v) is 15.6. The Morgan fingerprint density at radius 1 is 0.893 bits per heavy atom. The second-order valence-corrected chi connectivity index (χ2v) is 6.35. The van der Waals surface area contributed by atoms with E-state index in [9.17, 15) is 13.2 Å². The quantitative estimate of drug-likeness (QED) is 0.548. The summed E-state index contributed by atoms with van der Waals surface area (Å²) in [4.78, 5) is 8.57. The number of ether oxygens (including phenoxy) is 1. The topological polar surface area (TPSA) is 59.1 Å². The highest BCUT2D eigenvalue weighted by molar-refractivity contribution is 5.64. The standard InChI is InChI=1S/C20H19F3N4O/c1-11(2)28-16-7-5-4-6-14(16)26-20-24-12(3)10-17(27-20)25-15-9-8-13(21)18(22)19(15)23/h4-11H,1-3H3,(H2,24,25,26,27). The van der Waals surface area contributed by atoms with Gasteiger partial charge < -0.3 is 15.4 Å². The Labute approximate surface area is 160 Å². The third-order valence-electron chi connectivity index (χ3n) is 3.65. The smallest absolute Gasteiger partial charge is 0.229 e. The molecular formula is C20H19F3N4O. The molecule has 1 aromatic heterocycles. The lowest BCUT2D eigenvalue weighted by atomic mass is 10.2. The van der Waals surface area contributed by atoms with Gasteiger partial charge in [-0.05, 0) is 45.0 Å². The van der Waals surface area contributed by atoms with E-state index in [4.69, 9.17) is 4.74 Å². The summed E-state index contributed by atoms with van der Waals surface area (Å²) in [7, 11) is 0. The Kier molecular flexibility index (Phi) is 5.67. The Balaban J connectivity index is 1.88. The molecule has 0 atom stereocenters.